The number of thioether (sulfide) groups is 1. The molecule has 158 valence electrons. The van der Waals surface area contributed by atoms with Crippen molar-refractivity contribution in [1.82, 2.24) is 20.1 Å². The van der Waals surface area contributed by atoms with Crippen molar-refractivity contribution in [1.29, 1.82) is 0 Å². The van der Waals surface area contributed by atoms with Crippen LogP contribution in [0.4, 0.5) is 0 Å². The average Bonchev–Trinajstić information content (AvgIpc) is 3.13. The van der Waals surface area contributed by atoms with Gasteiger partial charge in [0.1, 0.15) is 0 Å². The van der Waals surface area contributed by atoms with Crippen molar-refractivity contribution in [2.75, 3.05) is 0 Å². The van der Waals surface area contributed by atoms with Crippen LogP contribution in [0.5, 0.6) is 0 Å². The monoisotopic (exact) mass is 442 g/mol. The van der Waals surface area contributed by atoms with E-state index < -0.39 is 0 Å². The third-order valence-electron chi connectivity index (χ3n) is 4.76. The summed E-state index contributed by atoms with van der Waals surface area (Å²) in [5.74, 6) is 1.50. The molecule has 0 radical (unpaired) electrons. The summed E-state index contributed by atoms with van der Waals surface area (Å²) in [5, 5.41) is 13.2. The van der Waals surface area contributed by atoms with Crippen molar-refractivity contribution in [2.45, 2.75) is 57.5 Å². The summed E-state index contributed by atoms with van der Waals surface area (Å²) in [5.41, 5.74) is 4.45. The molecule has 1 amide bonds. The second-order valence-corrected chi connectivity index (χ2v) is 8.70. The maximum atomic E-state index is 12.1. The average molecular weight is 443 g/mol. The maximum Gasteiger partial charge on any atom is 0.220 e. The number of hydrogen-bond donors (Lipinski definition) is 1. The Balaban J connectivity index is 1.87. The Morgan fingerprint density at radius 3 is 2.77 bits per heavy atom. The van der Waals surface area contributed by atoms with Crippen LogP contribution >= 0.6 is 23.4 Å². The lowest BCUT2D eigenvalue weighted by atomic mass is 10.2. The fraction of sp³-hybridized carbons (Fsp3) is 0.348. The number of rotatable bonds is 9. The number of hydrogen-bond acceptors (Lipinski definition) is 4. The fourth-order valence-corrected chi connectivity index (χ4v) is 4.20. The smallest absolute Gasteiger partial charge is 0.220 e. The molecule has 0 aliphatic carbocycles. The molecule has 1 N–H and O–H groups in total. The molecule has 0 atom stereocenters. The molecule has 0 saturated heterocycles. The van der Waals surface area contributed by atoms with Crippen LogP contribution in [0.25, 0.3) is 5.69 Å². The SMILES string of the molecule is CCCCC(=O)NCc1nnc(SCc2cccc(C)c2)n1-c1cc(Cl)ccc1C. The van der Waals surface area contributed by atoms with Gasteiger partial charge in [-0.1, -0.05) is 72.6 Å². The third kappa shape index (κ3) is 5.86. The van der Waals surface area contributed by atoms with E-state index in [4.69, 9.17) is 11.6 Å². The third-order valence-corrected chi connectivity index (χ3v) is 6.00. The summed E-state index contributed by atoms with van der Waals surface area (Å²) < 4.78 is 2.00. The maximum absolute atomic E-state index is 12.1. The number of nitrogens with one attached hydrogen (secondary N) is 1. The topological polar surface area (TPSA) is 59.8 Å². The van der Waals surface area contributed by atoms with Crippen LogP contribution in [-0.4, -0.2) is 20.7 Å². The number of nitrogens with zero attached hydrogens (tertiary/aromatic N) is 3. The van der Waals surface area contributed by atoms with Crippen molar-refractivity contribution in [3.05, 3.63) is 70.0 Å². The van der Waals surface area contributed by atoms with Crippen molar-refractivity contribution < 1.29 is 4.79 Å². The van der Waals surface area contributed by atoms with Gasteiger partial charge in [-0.25, -0.2) is 0 Å². The van der Waals surface area contributed by atoms with E-state index in [0.717, 1.165) is 35.0 Å². The number of carbonyl (C=O) groups is 1. The van der Waals surface area contributed by atoms with Crippen LogP contribution in [-0.2, 0) is 17.1 Å². The number of aryl methyl sites for hydroxylation is 2. The molecule has 1 heterocycles. The van der Waals surface area contributed by atoms with Crippen LogP contribution < -0.4 is 5.32 Å². The van der Waals surface area contributed by atoms with Gasteiger partial charge in [-0.15, -0.1) is 10.2 Å². The molecule has 30 heavy (non-hydrogen) atoms. The minimum Gasteiger partial charge on any atom is -0.349 e. The Hall–Kier alpha value is -2.31. The summed E-state index contributed by atoms with van der Waals surface area (Å²) in [6.45, 7) is 6.52. The highest BCUT2D eigenvalue weighted by atomic mass is 35.5. The van der Waals surface area contributed by atoms with E-state index in [2.05, 4.69) is 53.6 Å². The summed E-state index contributed by atoms with van der Waals surface area (Å²) in [4.78, 5) is 12.1. The summed E-state index contributed by atoms with van der Waals surface area (Å²) in [6, 6.07) is 14.2. The Bertz CT molecular complexity index is 1020. The number of carbonyl (C=O) groups excluding carboxylic acids is 1. The predicted molar refractivity (Wildman–Crippen MR) is 123 cm³/mol. The molecule has 0 bridgehead atoms. The first-order valence-electron chi connectivity index (χ1n) is 10.1. The number of halogens is 1. The molecule has 0 aliphatic rings. The number of unbranched alkanes of at least 4 members (excludes halogenated alkanes) is 1. The molecule has 5 nitrogen and oxygen atoms in total. The summed E-state index contributed by atoms with van der Waals surface area (Å²) in [7, 11) is 0. The van der Waals surface area contributed by atoms with E-state index >= 15 is 0 Å². The zero-order valence-electron chi connectivity index (χ0n) is 17.6. The molecule has 2 aromatic carbocycles. The zero-order chi connectivity index (χ0) is 21.5. The lowest BCUT2D eigenvalue weighted by Crippen LogP contribution is -2.24. The van der Waals surface area contributed by atoms with Crippen LogP contribution in [0.15, 0.2) is 47.6 Å². The molecule has 3 aromatic rings. The summed E-state index contributed by atoms with van der Waals surface area (Å²) in [6.07, 6.45) is 2.39. The van der Waals surface area contributed by atoms with Crippen molar-refractivity contribution >= 4 is 29.3 Å². The molecule has 1 aromatic heterocycles. The molecule has 0 aliphatic heterocycles. The van der Waals surface area contributed by atoms with Gasteiger partial charge in [0.15, 0.2) is 11.0 Å². The largest absolute Gasteiger partial charge is 0.349 e. The van der Waals surface area contributed by atoms with Gasteiger partial charge >= 0.3 is 0 Å². The van der Waals surface area contributed by atoms with E-state index in [1.165, 1.54) is 11.1 Å². The van der Waals surface area contributed by atoms with Gasteiger partial charge in [-0.2, -0.15) is 0 Å². The Morgan fingerprint density at radius 1 is 1.17 bits per heavy atom. The zero-order valence-corrected chi connectivity index (χ0v) is 19.2. The lowest BCUT2D eigenvalue weighted by Gasteiger charge is -2.14. The van der Waals surface area contributed by atoms with Gasteiger partial charge in [-0.3, -0.25) is 9.36 Å². The molecule has 0 spiro atoms. The van der Waals surface area contributed by atoms with E-state index in [9.17, 15) is 4.79 Å². The molecule has 0 fully saturated rings. The predicted octanol–water partition coefficient (Wildman–Crippen LogP) is 5.64. The Kier molecular flexibility index (Phi) is 7.94. The molecule has 3 rings (SSSR count). The minimum atomic E-state index is 0.0307. The molecular weight excluding hydrogens is 416 g/mol. The normalized spacial score (nSPS) is 10.9. The van der Waals surface area contributed by atoms with Crippen LogP contribution in [0.3, 0.4) is 0 Å². The van der Waals surface area contributed by atoms with Crippen molar-refractivity contribution in [2.24, 2.45) is 0 Å². The van der Waals surface area contributed by atoms with Gasteiger partial charge in [0.05, 0.1) is 12.2 Å². The Labute approximate surface area is 187 Å². The first kappa shape index (κ1) is 22.4. The lowest BCUT2D eigenvalue weighted by molar-refractivity contribution is -0.121. The number of amides is 1. The minimum absolute atomic E-state index is 0.0307. The second-order valence-electron chi connectivity index (χ2n) is 7.32. The van der Waals surface area contributed by atoms with E-state index in [0.29, 0.717) is 23.8 Å². The summed E-state index contributed by atoms with van der Waals surface area (Å²) >= 11 is 7.90. The van der Waals surface area contributed by atoms with E-state index in [1.54, 1.807) is 11.8 Å². The quantitative estimate of drug-likeness (QED) is 0.436. The van der Waals surface area contributed by atoms with Gasteiger partial charge in [0.25, 0.3) is 0 Å². The van der Waals surface area contributed by atoms with Crippen LogP contribution in [0.2, 0.25) is 5.02 Å². The highest BCUT2D eigenvalue weighted by Gasteiger charge is 2.17. The molecule has 7 heteroatoms. The first-order valence-corrected chi connectivity index (χ1v) is 11.5. The number of aromatic nitrogens is 3. The van der Waals surface area contributed by atoms with E-state index in [-0.39, 0.29) is 5.91 Å². The first-order chi connectivity index (χ1) is 14.5. The van der Waals surface area contributed by atoms with Crippen molar-refractivity contribution in [3.63, 3.8) is 0 Å². The van der Waals surface area contributed by atoms with Gasteiger partial charge in [0.2, 0.25) is 5.91 Å². The molecule has 0 saturated carbocycles. The Morgan fingerprint density at radius 2 is 2.00 bits per heavy atom. The van der Waals surface area contributed by atoms with Crippen LogP contribution in [0.1, 0.15) is 48.7 Å². The molecular formula is C23H27ClN4OS. The van der Waals surface area contributed by atoms with Crippen molar-refractivity contribution in [3.8, 4) is 5.69 Å². The second kappa shape index (κ2) is 10.6. The fourth-order valence-electron chi connectivity index (χ4n) is 3.13. The standard InChI is InChI=1S/C23H27ClN4OS/c1-4-5-9-22(29)25-14-21-26-27-23(30-15-18-8-6-7-16(2)12-18)28(21)20-13-19(24)11-10-17(20)3/h6-8,10-13H,4-5,9,14-15H2,1-3H3,(H,25,29). The van der Waals surface area contributed by atoms with E-state index in [1.807, 2.05) is 29.7 Å². The van der Waals surface area contributed by atoms with Gasteiger partial charge in [-0.05, 0) is 43.5 Å². The van der Waals surface area contributed by atoms with Crippen LogP contribution in [0, 0.1) is 13.8 Å². The highest BCUT2D eigenvalue weighted by Crippen LogP contribution is 2.28. The molecule has 0 unspecified atom stereocenters. The van der Waals surface area contributed by atoms with Gasteiger partial charge < -0.3 is 5.32 Å². The number of benzene rings is 2. The van der Waals surface area contributed by atoms with Gasteiger partial charge in [0, 0.05) is 17.2 Å². The highest BCUT2D eigenvalue weighted by molar-refractivity contribution is 7.98.